The van der Waals surface area contributed by atoms with Crippen molar-refractivity contribution >= 4 is 28.9 Å². The maximum Gasteiger partial charge on any atom is 0.228 e. The molecule has 0 bridgehead atoms. The monoisotopic (exact) mass is 379 g/mol. The average molecular weight is 380 g/mol. The van der Waals surface area contributed by atoms with E-state index in [0.717, 1.165) is 36.6 Å². The van der Waals surface area contributed by atoms with Crippen molar-refractivity contribution in [3.8, 4) is 0 Å². The number of aryl methyl sites for hydroxylation is 1. The van der Waals surface area contributed by atoms with Crippen molar-refractivity contribution in [2.24, 2.45) is 11.8 Å². The number of nitrogens with zero attached hydrogens (tertiary/aromatic N) is 1. The highest BCUT2D eigenvalue weighted by atomic mass is 16.2. The molecule has 148 valence electrons. The number of carbonyl (C=O) groups excluding carboxylic acids is 2. The predicted molar refractivity (Wildman–Crippen MR) is 115 cm³/mol. The smallest absolute Gasteiger partial charge is 0.228 e. The van der Waals surface area contributed by atoms with Crippen LogP contribution in [0, 0.1) is 11.8 Å². The van der Waals surface area contributed by atoms with Gasteiger partial charge < -0.3 is 15.5 Å². The van der Waals surface area contributed by atoms with Crippen LogP contribution in [0.15, 0.2) is 48.5 Å². The fraction of sp³-hybridized carbons (Fsp3) is 0.391. The van der Waals surface area contributed by atoms with E-state index in [1.165, 1.54) is 5.56 Å². The van der Waals surface area contributed by atoms with Crippen LogP contribution in [0.1, 0.15) is 32.8 Å². The lowest BCUT2D eigenvalue weighted by Crippen LogP contribution is -2.22. The summed E-state index contributed by atoms with van der Waals surface area (Å²) in [5.74, 6) is -0.670. The number of benzene rings is 2. The molecule has 0 aromatic heterocycles. The number of hydrogen-bond acceptors (Lipinski definition) is 3. The highest BCUT2D eigenvalue weighted by molar-refractivity contribution is 6.03. The largest absolute Gasteiger partial charge is 0.372 e. The Morgan fingerprint density at radius 2 is 1.29 bits per heavy atom. The fourth-order valence-electron chi connectivity index (χ4n) is 3.41. The van der Waals surface area contributed by atoms with E-state index in [2.05, 4.69) is 36.3 Å². The second-order valence-electron chi connectivity index (χ2n) is 7.20. The summed E-state index contributed by atoms with van der Waals surface area (Å²) in [6, 6.07) is 15.7. The van der Waals surface area contributed by atoms with Gasteiger partial charge in [0.1, 0.15) is 0 Å². The minimum atomic E-state index is -0.252. The molecule has 0 aliphatic heterocycles. The topological polar surface area (TPSA) is 61.4 Å². The van der Waals surface area contributed by atoms with Gasteiger partial charge in [-0.15, -0.1) is 0 Å². The number of carbonyl (C=O) groups is 2. The molecule has 0 heterocycles. The Morgan fingerprint density at radius 1 is 0.821 bits per heavy atom. The molecule has 2 aromatic rings. The van der Waals surface area contributed by atoms with Crippen LogP contribution in [0.2, 0.25) is 0 Å². The van der Waals surface area contributed by atoms with Gasteiger partial charge >= 0.3 is 0 Å². The van der Waals surface area contributed by atoms with Crippen LogP contribution in [0.4, 0.5) is 17.1 Å². The average Bonchev–Trinajstić information content (AvgIpc) is 3.52. The predicted octanol–water partition coefficient (Wildman–Crippen LogP) is 4.31. The Balaban J connectivity index is 1.51. The van der Waals surface area contributed by atoms with Gasteiger partial charge in [-0.05, 0) is 68.7 Å². The third-order valence-electron chi connectivity index (χ3n) is 5.36. The zero-order valence-electron chi connectivity index (χ0n) is 16.9. The summed E-state index contributed by atoms with van der Waals surface area (Å²) in [6.45, 7) is 8.23. The third-order valence-corrected chi connectivity index (χ3v) is 5.36. The normalized spacial score (nSPS) is 17.7. The minimum Gasteiger partial charge on any atom is -0.372 e. The van der Waals surface area contributed by atoms with Crippen molar-refractivity contribution in [1.82, 2.24) is 0 Å². The van der Waals surface area contributed by atoms with Crippen molar-refractivity contribution in [2.45, 2.75) is 33.6 Å². The molecule has 0 radical (unpaired) electrons. The Kier molecular flexibility index (Phi) is 6.34. The SMILES string of the molecule is CCc1ccc(NC(=O)C2CC2C(=O)Nc2ccc(N(CC)CC)cc2)cc1. The summed E-state index contributed by atoms with van der Waals surface area (Å²) >= 11 is 0. The first-order valence-electron chi connectivity index (χ1n) is 10.1. The van der Waals surface area contributed by atoms with Gasteiger partial charge in [-0.3, -0.25) is 9.59 Å². The van der Waals surface area contributed by atoms with Gasteiger partial charge in [0, 0.05) is 30.2 Å². The first-order chi connectivity index (χ1) is 13.5. The van der Waals surface area contributed by atoms with Crippen molar-refractivity contribution < 1.29 is 9.59 Å². The van der Waals surface area contributed by atoms with E-state index in [0.29, 0.717) is 6.42 Å². The molecule has 2 unspecified atom stereocenters. The van der Waals surface area contributed by atoms with Crippen LogP contribution in [-0.4, -0.2) is 24.9 Å². The zero-order chi connectivity index (χ0) is 20.1. The number of anilines is 3. The summed E-state index contributed by atoms with van der Waals surface area (Å²) in [7, 11) is 0. The molecule has 5 heteroatoms. The lowest BCUT2D eigenvalue weighted by Gasteiger charge is -2.21. The quantitative estimate of drug-likeness (QED) is 0.718. The summed E-state index contributed by atoms with van der Waals surface area (Å²) < 4.78 is 0. The van der Waals surface area contributed by atoms with Gasteiger partial charge in [0.2, 0.25) is 11.8 Å². The summed E-state index contributed by atoms with van der Waals surface area (Å²) in [5, 5.41) is 5.84. The molecule has 5 nitrogen and oxygen atoms in total. The minimum absolute atomic E-state index is 0.0821. The second kappa shape index (κ2) is 8.91. The maximum atomic E-state index is 12.5. The molecule has 1 aliphatic rings. The van der Waals surface area contributed by atoms with Gasteiger partial charge in [-0.1, -0.05) is 19.1 Å². The highest BCUT2D eigenvalue weighted by Crippen LogP contribution is 2.40. The maximum absolute atomic E-state index is 12.5. The molecular formula is C23H29N3O2. The number of rotatable bonds is 8. The third kappa shape index (κ3) is 4.71. The molecule has 0 spiro atoms. The molecule has 2 amide bonds. The Hall–Kier alpha value is -2.82. The van der Waals surface area contributed by atoms with Crippen molar-refractivity contribution in [3.63, 3.8) is 0 Å². The van der Waals surface area contributed by atoms with Crippen molar-refractivity contribution in [3.05, 3.63) is 54.1 Å². The van der Waals surface area contributed by atoms with Crippen LogP contribution in [0.25, 0.3) is 0 Å². The van der Waals surface area contributed by atoms with E-state index in [9.17, 15) is 9.59 Å². The van der Waals surface area contributed by atoms with Crippen molar-refractivity contribution in [1.29, 1.82) is 0 Å². The van der Waals surface area contributed by atoms with Crippen molar-refractivity contribution in [2.75, 3.05) is 28.6 Å². The summed E-state index contributed by atoms with van der Waals surface area (Å²) in [6.07, 6.45) is 1.57. The van der Waals surface area contributed by atoms with E-state index in [4.69, 9.17) is 0 Å². The number of nitrogens with one attached hydrogen (secondary N) is 2. The molecule has 1 aliphatic carbocycles. The van der Waals surface area contributed by atoms with Gasteiger partial charge in [0.25, 0.3) is 0 Å². The summed E-state index contributed by atoms with van der Waals surface area (Å²) in [4.78, 5) is 27.1. The Morgan fingerprint density at radius 3 is 1.71 bits per heavy atom. The molecule has 2 aromatic carbocycles. The van der Waals surface area contributed by atoms with Gasteiger partial charge in [0.05, 0.1) is 11.8 Å². The number of amides is 2. The van der Waals surface area contributed by atoms with E-state index in [1.807, 2.05) is 48.5 Å². The fourth-order valence-corrected chi connectivity index (χ4v) is 3.41. The molecule has 2 N–H and O–H groups in total. The van der Waals surface area contributed by atoms with E-state index in [1.54, 1.807) is 0 Å². The van der Waals surface area contributed by atoms with Crippen LogP contribution in [-0.2, 0) is 16.0 Å². The lowest BCUT2D eigenvalue weighted by molar-refractivity contribution is -0.122. The Bertz CT molecular complexity index is 811. The molecule has 3 rings (SSSR count). The first-order valence-corrected chi connectivity index (χ1v) is 10.1. The Labute approximate surface area is 167 Å². The molecule has 2 atom stereocenters. The molecule has 1 saturated carbocycles. The van der Waals surface area contributed by atoms with E-state index >= 15 is 0 Å². The second-order valence-corrected chi connectivity index (χ2v) is 7.20. The highest BCUT2D eigenvalue weighted by Gasteiger charge is 2.48. The number of hydrogen-bond donors (Lipinski definition) is 2. The zero-order valence-corrected chi connectivity index (χ0v) is 16.9. The van der Waals surface area contributed by atoms with E-state index < -0.39 is 0 Å². The van der Waals surface area contributed by atoms with Crippen LogP contribution < -0.4 is 15.5 Å². The van der Waals surface area contributed by atoms with Crippen LogP contribution in [0.3, 0.4) is 0 Å². The standard InChI is InChI=1S/C23H29N3O2/c1-4-16-7-9-17(10-8-16)24-22(27)20-15-21(20)23(28)25-18-11-13-19(14-12-18)26(5-2)6-3/h7-14,20-21H,4-6,15H2,1-3H3,(H,24,27)(H,25,28). The molecule has 28 heavy (non-hydrogen) atoms. The van der Waals surface area contributed by atoms with Gasteiger partial charge in [-0.25, -0.2) is 0 Å². The van der Waals surface area contributed by atoms with Gasteiger partial charge in [0.15, 0.2) is 0 Å². The molecular weight excluding hydrogens is 350 g/mol. The molecule has 0 saturated heterocycles. The van der Waals surface area contributed by atoms with E-state index in [-0.39, 0.29) is 23.7 Å². The van der Waals surface area contributed by atoms with Crippen LogP contribution in [0.5, 0.6) is 0 Å². The van der Waals surface area contributed by atoms with Gasteiger partial charge in [-0.2, -0.15) is 0 Å². The summed E-state index contributed by atoms with van der Waals surface area (Å²) in [5.41, 5.74) is 3.91. The van der Waals surface area contributed by atoms with Crippen LogP contribution >= 0.6 is 0 Å². The molecule has 1 fully saturated rings. The lowest BCUT2D eigenvalue weighted by atomic mass is 10.1. The first kappa shape index (κ1) is 19.9.